The monoisotopic (exact) mass is 321 g/mol. The van der Waals surface area contributed by atoms with Crippen LogP contribution in [0.4, 0.5) is 0 Å². The molecule has 1 aromatic carbocycles. The number of hydrogen-bond donors (Lipinski definition) is 3. The van der Waals surface area contributed by atoms with Crippen LogP contribution in [0.2, 0.25) is 0 Å². The molecule has 126 valence electrons. The van der Waals surface area contributed by atoms with Gasteiger partial charge in [0, 0.05) is 13.0 Å². The summed E-state index contributed by atoms with van der Waals surface area (Å²) in [5, 5.41) is 5.22. The van der Waals surface area contributed by atoms with Crippen molar-refractivity contribution in [1.82, 2.24) is 10.6 Å². The summed E-state index contributed by atoms with van der Waals surface area (Å²) in [6.45, 7) is 2.07. The normalized spacial score (nSPS) is 12.8. The zero-order valence-electron chi connectivity index (χ0n) is 13.2. The summed E-state index contributed by atoms with van der Waals surface area (Å²) in [7, 11) is 0. The molecule has 0 fully saturated rings. The largest absolute Gasteiger partial charge is 0.464 e. The molecule has 0 aliphatic rings. The Hall–Kier alpha value is -2.41. The highest BCUT2D eigenvalue weighted by Crippen LogP contribution is 2.03. The summed E-state index contributed by atoms with van der Waals surface area (Å²) in [5.41, 5.74) is 6.31. The molecule has 2 atom stereocenters. The van der Waals surface area contributed by atoms with Gasteiger partial charge in [-0.25, -0.2) is 0 Å². The van der Waals surface area contributed by atoms with Gasteiger partial charge in [-0.1, -0.05) is 30.3 Å². The van der Waals surface area contributed by atoms with Crippen molar-refractivity contribution in [2.75, 3.05) is 13.2 Å². The van der Waals surface area contributed by atoms with Gasteiger partial charge in [0.15, 0.2) is 0 Å². The predicted molar refractivity (Wildman–Crippen MR) is 85.4 cm³/mol. The Morgan fingerprint density at radius 1 is 1.30 bits per heavy atom. The predicted octanol–water partition coefficient (Wildman–Crippen LogP) is -0.260. The maximum Gasteiger partial charge on any atom is 0.322 e. The fourth-order valence-electron chi connectivity index (χ4n) is 1.87. The van der Waals surface area contributed by atoms with Crippen LogP contribution in [0.15, 0.2) is 30.3 Å². The number of nitrogens with one attached hydrogen (secondary N) is 2. The van der Waals surface area contributed by atoms with Crippen molar-refractivity contribution in [3.63, 3.8) is 0 Å². The molecular formula is C16H23N3O4. The third kappa shape index (κ3) is 7.42. The lowest BCUT2D eigenvalue weighted by atomic mass is 10.1. The molecule has 0 aromatic heterocycles. The minimum atomic E-state index is -0.656. The van der Waals surface area contributed by atoms with Crippen molar-refractivity contribution < 1.29 is 19.1 Å². The van der Waals surface area contributed by atoms with Crippen LogP contribution >= 0.6 is 0 Å². The second-order valence-corrected chi connectivity index (χ2v) is 5.13. The third-order valence-electron chi connectivity index (χ3n) is 3.10. The molecule has 0 aliphatic heterocycles. The molecule has 0 bridgehead atoms. The molecule has 7 heteroatoms. The van der Waals surface area contributed by atoms with Gasteiger partial charge in [0.05, 0.1) is 6.61 Å². The molecule has 1 aromatic rings. The van der Waals surface area contributed by atoms with E-state index >= 15 is 0 Å². The van der Waals surface area contributed by atoms with Crippen LogP contribution in [0.1, 0.15) is 18.9 Å². The highest BCUT2D eigenvalue weighted by atomic mass is 16.5. The van der Waals surface area contributed by atoms with Crippen LogP contribution in [0.5, 0.6) is 0 Å². The Kier molecular flexibility index (Phi) is 8.38. The highest BCUT2D eigenvalue weighted by Gasteiger charge is 2.17. The van der Waals surface area contributed by atoms with E-state index in [1.165, 1.54) is 0 Å². The van der Waals surface area contributed by atoms with E-state index in [4.69, 9.17) is 10.5 Å². The number of esters is 1. The number of nitrogens with two attached hydrogens (primary N) is 1. The number of ether oxygens (including phenoxy) is 1. The quantitative estimate of drug-likeness (QED) is 0.312. The molecule has 1 rings (SSSR count). The lowest BCUT2D eigenvalue weighted by Crippen LogP contribution is -2.45. The van der Waals surface area contributed by atoms with Crippen molar-refractivity contribution in [2.24, 2.45) is 5.73 Å². The van der Waals surface area contributed by atoms with Gasteiger partial charge in [0.1, 0.15) is 12.1 Å². The van der Waals surface area contributed by atoms with Crippen molar-refractivity contribution in [3.8, 4) is 0 Å². The molecular weight excluding hydrogens is 298 g/mol. The Bertz CT molecular complexity index is 505. The Balaban J connectivity index is 2.34. The van der Waals surface area contributed by atoms with Gasteiger partial charge in [-0.3, -0.25) is 14.4 Å². The van der Waals surface area contributed by atoms with E-state index in [9.17, 15) is 14.4 Å². The standard InChI is InChI=1S/C16H23N3O4/c1-12(17)16(22)23-9-5-8-18-15(21)14(19-11-20)10-13-6-3-2-4-7-13/h2-4,6-7,11-12,14H,5,8-10,17H2,1H3,(H,18,21)(H,19,20). The summed E-state index contributed by atoms with van der Waals surface area (Å²) < 4.78 is 4.90. The Morgan fingerprint density at radius 2 is 2.00 bits per heavy atom. The first-order valence-corrected chi connectivity index (χ1v) is 7.48. The molecule has 0 radical (unpaired) electrons. The number of benzene rings is 1. The van der Waals surface area contributed by atoms with Crippen molar-refractivity contribution in [1.29, 1.82) is 0 Å². The molecule has 2 amide bonds. The summed E-state index contributed by atoms with van der Waals surface area (Å²) in [6, 6.07) is 8.11. The average Bonchev–Trinajstić information content (AvgIpc) is 2.54. The fraction of sp³-hybridized carbons (Fsp3) is 0.438. The van der Waals surface area contributed by atoms with E-state index in [0.717, 1.165) is 5.56 Å². The third-order valence-corrected chi connectivity index (χ3v) is 3.10. The SMILES string of the molecule is CC(N)C(=O)OCCCNC(=O)C(Cc1ccccc1)NC=O. The van der Waals surface area contributed by atoms with E-state index in [1.54, 1.807) is 6.92 Å². The summed E-state index contributed by atoms with van der Waals surface area (Å²) >= 11 is 0. The molecule has 7 nitrogen and oxygen atoms in total. The van der Waals surface area contributed by atoms with Crippen molar-refractivity contribution >= 4 is 18.3 Å². The van der Waals surface area contributed by atoms with Gasteiger partial charge in [0.2, 0.25) is 12.3 Å². The van der Waals surface area contributed by atoms with Gasteiger partial charge in [0.25, 0.3) is 0 Å². The number of carbonyl (C=O) groups excluding carboxylic acids is 3. The molecule has 0 saturated heterocycles. The first-order valence-electron chi connectivity index (χ1n) is 7.48. The number of carbonyl (C=O) groups is 3. The van der Waals surface area contributed by atoms with Crippen LogP contribution in [0.3, 0.4) is 0 Å². The summed E-state index contributed by atoms with van der Waals surface area (Å²) in [5.74, 6) is -0.750. The molecule has 0 saturated carbocycles. The minimum Gasteiger partial charge on any atom is -0.464 e. The Labute approximate surface area is 135 Å². The zero-order chi connectivity index (χ0) is 17.1. The first-order chi connectivity index (χ1) is 11.0. The van der Waals surface area contributed by atoms with E-state index in [-0.39, 0.29) is 12.5 Å². The maximum absolute atomic E-state index is 12.1. The van der Waals surface area contributed by atoms with Gasteiger partial charge >= 0.3 is 5.97 Å². The van der Waals surface area contributed by atoms with E-state index in [0.29, 0.717) is 25.8 Å². The van der Waals surface area contributed by atoms with Crippen LogP contribution in [-0.2, 0) is 25.5 Å². The molecule has 0 aliphatic carbocycles. The summed E-state index contributed by atoms with van der Waals surface area (Å²) in [6.07, 6.45) is 1.39. The molecule has 23 heavy (non-hydrogen) atoms. The highest BCUT2D eigenvalue weighted by molar-refractivity contribution is 5.83. The van der Waals surface area contributed by atoms with Crippen molar-refractivity contribution in [2.45, 2.75) is 31.8 Å². The number of rotatable bonds is 10. The van der Waals surface area contributed by atoms with Crippen LogP contribution in [0.25, 0.3) is 0 Å². The van der Waals surface area contributed by atoms with Gasteiger partial charge in [-0.15, -0.1) is 0 Å². The summed E-state index contributed by atoms with van der Waals surface area (Å²) in [4.78, 5) is 33.9. The number of hydrogen-bond acceptors (Lipinski definition) is 5. The molecule has 0 spiro atoms. The Morgan fingerprint density at radius 3 is 2.61 bits per heavy atom. The lowest BCUT2D eigenvalue weighted by molar-refractivity contribution is -0.144. The smallest absolute Gasteiger partial charge is 0.322 e. The minimum absolute atomic E-state index is 0.186. The van der Waals surface area contributed by atoms with E-state index in [2.05, 4.69) is 10.6 Å². The molecule has 2 unspecified atom stereocenters. The molecule has 0 heterocycles. The van der Waals surface area contributed by atoms with Gasteiger partial charge in [-0.2, -0.15) is 0 Å². The fourth-order valence-corrected chi connectivity index (χ4v) is 1.87. The second kappa shape index (κ2) is 10.3. The van der Waals surface area contributed by atoms with Crippen molar-refractivity contribution in [3.05, 3.63) is 35.9 Å². The topological polar surface area (TPSA) is 111 Å². The average molecular weight is 321 g/mol. The maximum atomic E-state index is 12.1. The second-order valence-electron chi connectivity index (χ2n) is 5.13. The van der Waals surface area contributed by atoms with E-state index < -0.39 is 18.1 Å². The van der Waals surface area contributed by atoms with Crippen LogP contribution < -0.4 is 16.4 Å². The zero-order valence-corrected chi connectivity index (χ0v) is 13.2. The van der Waals surface area contributed by atoms with E-state index in [1.807, 2.05) is 30.3 Å². The van der Waals surface area contributed by atoms with Crippen LogP contribution in [-0.4, -0.2) is 43.5 Å². The van der Waals surface area contributed by atoms with Crippen LogP contribution in [0, 0.1) is 0 Å². The molecule has 4 N–H and O–H groups in total. The van der Waals surface area contributed by atoms with Gasteiger partial charge in [-0.05, 0) is 18.9 Å². The lowest BCUT2D eigenvalue weighted by Gasteiger charge is -2.16. The number of amides is 2. The first kappa shape index (κ1) is 18.6. The van der Waals surface area contributed by atoms with Gasteiger partial charge < -0.3 is 21.1 Å².